The van der Waals surface area contributed by atoms with Crippen LogP contribution in [0.15, 0.2) is 10.6 Å². The van der Waals surface area contributed by atoms with Gasteiger partial charge in [-0.15, -0.1) is 0 Å². The van der Waals surface area contributed by atoms with Gasteiger partial charge in [-0.2, -0.15) is 11.8 Å². The molecule has 0 bridgehead atoms. The highest BCUT2D eigenvalue weighted by atomic mass is 32.2. The predicted molar refractivity (Wildman–Crippen MR) is 68.8 cm³/mol. The lowest BCUT2D eigenvalue weighted by Gasteiger charge is -2.05. The molecule has 2 N–H and O–H groups in total. The van der Waals surface area contributed by atoms with Crippen molar-refractivity contribution in [1.82, 2.24) is 10.5 Å². The van der Waals surface area contributed by atoms with Gasteiger partial charge in [0.1, 0.15) is 5.76 Å². The van der Waals surface area contributed by atoms with Crippen LogP contribution in [0.5, 0.6) is 5.88 Å². The number of hydrogen-bond acceptors (Lipinski definition) is 6. The number of aliphatic hydroxyl groups is 1. The summed E-state index contributed by atoms with van der Waals surface area (Å²) in [5, 5.41) is 14.9. The van der Waals surface area contributed by atoms with E-state index in [2.05, 4.69) is 10.5 Å². The van der Waals surface area contributed by atoms with Crippen molar-refractivity contribution >= 4 is 17.7 Å². The Labute approximate surface area is 110 Å². The van der Waals surface area contributed by atoms with Crippen LogP contribution in [0, 0.1) is 6.92 Å². The van der Waals surface area contributed by atoms with Crippen molar-refractivity contribution in [2.75, 3.05) is 31.3 Å². The quantitative estimate of drug-likeness (QED) is 0.641. The summed E-state index contributed by atoms with van der Waals surface area (Å²) >= 11 is 1.69. The summed E-state index contributed by atoms with van der Waals surface area (Å²) in [5.41, 5.74) is 0. The second kappa shape index (κ2) is 8.82. The van der Waals surface area contributed by atoms with Gasteiger partial charge in [0.2, 0.25) is 0 Å². The van der Waals surface area contributed by atoms with Crippen molar-refractivity contribution in [3.05, 3.63) is 11.8 Å². The zero-order valence-corrected chi connectivity index (χ0v) is 11.2. The van der Waals surface area contributed by atoms with Gasteiger partial charge in [0.25, 0.3) is 11.8 Å². The number of aliphatic hydroxyl groups excluding tert-OH is 1. The number of thioether (sulfide) groups is 1. The zero-order valence-electron chi connectivity index (χ0n) is 10.3. The van der Waals surface area contributed by atoms with Crippen LogP contribution >= 0.6 is 11.8 Å². The van der Waals surface area contributed by atoms with Crippen LogP contribution in [0.2, 0.25) is 0 Å². The van der Waals surface area contributed by atoms with Crippen molar-refractivity contribution in [2.24, 2.45) is 0 Å². The first kappa shape index (κ1) is 14.8. The van der Waals surface area contributed by atoms with Crippen LogP contribution in [-0.4, -0.2) is 47.4 Å². The Morgan fingerprint density at radius 1 is 1.61 bits per heavy atom. The Morgan fingerprint density at radius 3 is 3.11 bits per heavy atom. The van der Waals surface area contributed by atoms with Crippen molar-refractivity contribution < 1.29 is 19.2 Å². The molecule has 6 nitrogen and oxygen atoms in total. The van der Waals surface area contributed by atoms with Crippen LogP contribution in [0.1, 0.15) is 12.2 Å². The fourth-order valence-corrected chi connectivity index (χ4v) is 1.92. The first-order valence-electron chi connectivity index (χ1n) is 5.74. The number of carbonyl (C=O) groups excluding carboxylic acids is 1. The molecule has 0 atom stereocenters. The number of ether oxygens (including phenoxy) is 1. The molecule has 1 aromatic heterocycles. The topological polar surface area (TPSA) is 84.6 Å². The maximum absolute atomic E-state index is 11.4. The average molecular weight is 274 g/mol. The van der Waals surface area contributed by atoms with E-state index >= 15 is 0 Å². The highest BCUT2D eigenvalue weighted by molar-refractivity contribution is 7.99. The summed E-state index contributed by atoms with van der Waals surface area (Å²) in [7, 11) is 0. The van der Waals surface area contributed by atoms with Crippen LogP contribution < -0.4 is 10.1 Å². The van der Waals surface area contributed by atoms with Gasteiger partial charge in [0.05, 0.1) is 0 Å². The van der Waals surface area contributed by atoms with E-state index < -0.39 is 0 Å². The van der Waals surface area contributed by atoms with Gasteiger partial charge in [0.15, 0.2) is 6.61 Å². The fraction of sp³-hybridized carbons (Fsp3) is 0.636. The first-order valence-corrected chi connectivity index (χ1v) is 6.89. The number of aryl methyl sites for hydroxylation is 1. The summed E-state index contributed by atoms with van der Waals surface area (Å²) in [6.07, 6.45) is 0.785. The highest BCUT2D eigenvalue weighted by Gasteiger charge is 2.05. The van der Waals surface area contributed by atoms with Gasteiger partial charge in [0, 0.05) is 25.0 Å². The smallest absolute Gasteiger partial charge is 0.258 e. The van der Waals surface area contributed by atoms with Gasteiger partial charge in [-0.25, -0.2) is 0 Å². The number of amides is 1. The second-order valence-electron chi connectivity index (χ2n) is 3.60. The molecule has 0 saturated carbocycles. The molecule has 0 radical (unpaired) electrons. The molecule has 0 aliphatic rings. The molecular formula is C11H18N2O4S. The lowest BCUT2D eigenvalue weighted by molar-refractivity contribution is -0.123. The molecule has 1 rings (SSSR count). The van der Waals surface area contributed by atoms with E-state index in [0.717, 1.165) is 17.9 Å². The molecule has 1 aromatic rings. The van der Waals surface area contributed by atoms with Gasteiger partial charge < -0.3 is 19.7 Å². The van der Waals surface area contributed by atoms with E-state index in [1.807, 2.05) is 0 Å². The lowest BCUT2D eigenvalue weighted by Crippen LogP contribution is -2.30. The number of rotatable bonds is 9. The number of nitrogens with zero attached hydrogens (tertiary/aromatic N) is 1. The average Bonchev–Trinajstić information content (AvgIpc) is 2.77. The van der Waals surface area contributed by atoms with Crippen molar-refractivity contribution in [1.29, 1.82) is 0 Å². The number of carbonyl (C=O) groups is 1. The SMILES string of the molecule is Cc1cc(OCC(=O)NCCSCCCO)no1. The summed E-state index contributed by atoms with van der Waals surface area (Å²) in [6, 6.07) is 1.62. The molecule has 0 aliphatic heterocycles. The molecule has 0 fully saturated rings. The maximum Gasteiger partial charge on any atom is 0.258 e. The van der Waals surface area contributed by atoms with Crippen LogP contribution in [0.25, 0.3) is 0 Å². The third-order valence-electron chi connectivity index (χ3n) is 1.97. The lowest BCUT2D eigenvalue weighted by atomic mass is 10.5. The van der Waals surface area contributed by atoms with Gasteiger partial charge in [-0.05, 0) is 24.3 Å². The third-order valence-corrected chi connectivity index (χ3v) is 3.04. The molecule has 102 valence electrons. The Bertz CT molecular complexity index is 357. The number of hydrogen-bond donors (Lipinski definition) is 2. The van der Waals surface area contributed by atoms with Gasteiger partial charge in [-0.1, -0.05) is 0 Å². The molecule has 0 unspecified atom stereocenters. The summed E-state index contributed by atoms with van der Waals surface area (Å²) in [5.74, 6) is 2.51. The predicted octanol–water partition coefficient (Wildman–Crippen LogP) is 0.594. The Kier molecular flexibility index (Phi) is 7.28. The Hall–Kier alpha value is -1.21. The molecule has 0 aromatic carbocycles. The molecule has 18 heavy (non-hydrogen) atoms. The molecule has 1 amide bonds. The minimum absolute atomic E-state index is 0.0622. The van der Waals surface area contributed by atoms with E-state index in [0.29, 0.717) is 18.2 Å². The van der Waals surface area contributed by atoms with Gasteiger partial charge in [-0.3, -0.25) is 4.79 Å². The zero-order chi connectivity index (χ0) is 13.2. The minimum atomic E-state index is -0.182. The van der Waals surface area contributed by atoms with E-state index in [9.17, 15) is 4.79 Å². The maximum atomic E-state index is 11.4. The Balaban J connectivity index is 2.00. The van der Waals surface area contributed by atoms with E-state index in [-0.39, 0.29) is 19.1 Å². The van der Waals surface area contributed by atoms with Crippen molar-refractivity contribution in [3.8, 4) is 5.88 Å². The number of aromatic nitrogens is 1. The van der Waals surface area contributed by atoms with E-state index in [1.54, 1.807) is 24.8 Å². The van der Waals surface area contributed by atoms with Crippen LogP contribution in [-0.2, 0) is 4.79 Å². The van der Waals surface area contributed by atoms with Gasteiger partial charge >= 0.3 is 0 Å². The molecule has 0 spiro atoms. The third kappa shape index (κ3) is 6.51. The standard InChI is InChI=1S/C11H18N2O4S/c1-9-7-11(13-17-9)16-8-10(15)12-3-6-18-5-2-4-14/h7,14H,2-6,8H2,1H3,(H,12,15). The molecule has 0 aliphatic carbocycles. The number of nitrogens with one attached hydrogen (secondary N) is 1. The molecule has 1 heterocycles. The monoisotopic (exact) mass is 274 g/mol. The second-order valence-corrected chi connectivity index (χ2v) is 4.83. The summed E-state index contributed by atoms with van der Waals surface area (Å²) < 4.78 is 9.93. The van der Waals surface area contributed by atoms with Crippen LogP contribution in [0.4, 0.5) is 0 Å². The van der Waals surface area contributed by atoms with Crippen LogP contribution in [0.3, 0.4) is 0 Å². The molecular weight excluding hydrogens is 256 g/mol. The normalized spacial score (nSPS) is 10.3. The Morgan fingerprint density at radius 2 is 2.44 bits per heavy atom. The largest absolute Gasteiger partial charge is 0.465 e. The van der Waals surface area contributed by atoms with E-state index in [1.165, 1.54) is 0 Å². The molecule has 0 saturated heterocycles. The fourth-order valence-electron chi connectivity index (χ4n) is 1.13. The van der Waals surface area contributed by atoms with Crippen molar-refractivity contribution in [3.63, 3.8) is 0 Å². The first-order chi connectivity index (χ1) is 8.72. The summed E-state index contributed by atoms with van der Waals surface area (Å²) in [6.45, 7) is 2.50. The van der Waals surface area contributed by atoms with Crippen molar-refractivity contribution in [2.45, 2.75) is 13.3 Å². The molecule has 7 heteroatoms. The van der Waals surface area contributed by atoms with E-state index in [4.69, 9.17) is 14.4 Å². The minimum Gasteiger partial charge on any atom is -0.465 e. The summed E-state index contributed by atoms with van der Waals surface area (Å²) in [4.78, 5) is 11.4. The highest BCUT2D eigenvalue weighted by Crippen LogP contribution is 2.09.